The van der Waals surface area contributed by atoms with Gasteiger partial charge in [-0.2, -0.15) is 0 Å². The number of ketones is 1. The highest BCUT2D eigenvalue weighted by atomic mass is 19.1. The highest BCUT2D eigenvalue weighted by Crippen LogP contribution is 2.35. The maximum atomic E-state index is 15.3. The number of hydrogen-bond acceptors (Lipinski definition) is 8. The van der Waals surface area contributed by atoms with Crippen LogP contribution in [0.3, 0.4) is 0 Å². The van der Waals surface area contributed by atoms with Crippen molar-refractivity contribution in [2.24, 2.45) is 7.05 Å². The lowest BCUT2D eigenvalue weighted by Crippen LogP contribution is -2.22. The molecule has 0 aliphatic heterocycles. The SMILES string of the molecule is COCCOc1cc2nccc(Oc3ccc(CC(=O)c4cn(C)c(C)c(-c5ccc(F)cc5)c4=O)cc3F)c2nc1OC. The Labute approximate surface area is 251 Å². The molecule has 5 aromatic rings. The molecule has 0 fully saturated rings. The molecule has 0 atom stereocenters. The quantitative estimate of drug-likeness (QED) is 0.138. The first-order chi connectivity index (χ1) is 21.2. The molecule has 9 nitrogen and oxygen atoms in total. The molecular weight excluding hydrogens is 572 g/mol. The summed E-state index contributed by atoms with van der Waals surface area (Å²) in [6.45, 7) is 2.40. The van der Waals surface area contributed by atoms with Gasteiger partial charge in [-0.1, -0.05) is 18.2 Å². The number of aryl methyl sites for hydroxylation is 1. The van der Waals surface area contributed by atoms with Crippen molar-refractivity contribution in [3.63, 3.8) is 0 Å². The van der Waals surface area contributed by atoms with E-state index in [1.165, 1.54) is 55.9 Å². The number of pyridine rings is 3. The van der Waals surface area contributed by atoms with Crippen molar-refractivity contribution >= 4 is 16.8 Å². The minimum Gasteiger partial charge on any atom is -0.485 e. The highest BCUT2D eigenvalue weighted by molar-refractivity contribution is 5.98. The molecule has 11 heteroatoms. The average Bonchev–Trinajstić information content (AvgIpc) is 3.01. The van der Waals surface area contributed by atoms with E-state index in [4.69, 9.17) is 18.9 Å². The van der Waals surface area contributed by atoms with Gasteiger partial charge >= 0.3 is 0 Å². The van der Waals surface area contributed by atoms with Crippen molar-refractivity contribution < 1.29 is 32.5 Å². The second kappa shape index (κ2) is 13.0. The molecule has 44 heavy (non-hydrogen) atoms. The van der Waals surface area contributed by atoms with Gasteiger partial charge in [0.15, 0.2) is 34.3 Å². The third kappa shape index (κ3) is 6.28. The Bertz CT molecular complexity index is 1910. The number of fused-ring (bicyclic) bond motifs is 1. The number of carbonyl (C=O) groups is 1. The molecule has 0 N–H and O–H groups in total. The summed E-state index contributed by atoms with van der Waals surface area (Å²) in [4.78, 5) is 35.4. The fourth-order valence-electron chi connectivity index (χ4n) is 4.69. The molecule has 0 saturated heterocycles. The lowest BCUT2D eigenvalue weighted by Gasteiger charge is -2.14. The molecule has 2 aromatic carbocycles. The van der Waals surface area contributed by atoms with Gasteiger partial charge in [-0.3, -0.25) is 14.6 Å². The van der Waals surface area contributed by atoms with E-state index in [0.29, 0.717) is 45.8 Å². The zero-order valence-corrected chi connectivity index (χ0v) is 24.5. The van der Waals surface area contributed by atoms with Gasteiger partial charge in [0, 0.05) is 56.4 Å². The van der Waals surface area contributed by atoms with Crippen LogP contribution in [0.15, 0.2) is 71.8 Å². The van der Waals surface area contributed by atoms with Gasteiger partial charge in [-0.15, -0.1) is 0 Å². The summed E-state index contributed by atoms with van der Waals surface area (Å²) in [6, 6.07) is 12.8. The van der Waals surface area contributed by atoms with Crippen molar-refractivity contribution in [1.82, 2.24) is 14.5 Å². The van der Waals surface area contributed by atoms with Crippen LogP contribution < -0.4 is 19.6 Å². The minimum atomic E-state index is -0.712. The van der Waals surface area contributed by atoms with Crippen molar-refractivity contribution in [2.75, 3.05) is 27.4 Å². The Hall–Kier alpha value is -5.16. The van der Waals surface area contributed by atoms with Gasteiger partial charge < -0.3 is 23.5 Å². The smallest absolute Gasteiger partial charge is 0.257 e. The van der Waals surface area contributed by atoms with Crippen LogP contribution in [0.25, 0.3) is 22.2 Å². The second-order valence-electron chi connectivity index (χ2n) is 9.93. The van der Waals surface area contributed by atoms with E-state index >= 15 is 4.39 Å². The van der Waals surface area contributed by atoms with E-state index in [1.54, 1.807) is 43.8 Å². The predicted octanol–water partition coefficient (Wildman–Crippen LogP) is 5.83. The van der Waals surface area contributed by atoms with Crippen LogP contribution in [-0.2, 0) is 18.2 Å². The number of Topliss-reactive ketones (excluding diaryl/α,β-unsaturated/α-hetero) is 1. The molecule has 0 radical (unpaired) electrons. The monoisotopic (exact) mass is 601 g/mol. The molecule has 3 aromatic heterocycles. The number of rotatable bonds is 11. The summed E-state index contributed by atoms with van der Waals surface area (Å²) in [5.74, 6) is -0.926. The van der Waals surface area contributed by atoms with Gasteiger partial charge in [0.1, 0.15) is 17.9 Å². The Morgan fingerprint density at radius 2 is 1.73 bits per heavy atom. The van der Waals surface area contributed by atoms with Crippen molar-refractivity contribution in [1.29, 1.82) is 0 Å². The van der Waals surface area contributed by atoms with Crippen LogP contribution in [0.5, 0.6) is 23.1 Å². The molecule has 0 bridgehead atoms. The first-order valence-electron chi connectivity index (χ1n) is 13.6. The van der Waals surface area contributed by atoms with E-state index in [1.807, 2.05) is 0 Å². The number of benzene rings is 2. The van der Waals surface area contributed by atoms with Gasteiger partial charge in [0.05, 0.1) is 24.8 Å². The third-order valence-electron chi connectivity index (χ3n) is 7.05. The first-order valence-corrected chi connectivity index (χ1v) is 13.6. The van der Waals surface area contributed by atoms with Crippen molar-refractivity contribution in [3.05, 3.63) is 106 Å². The zero-order chi connectivity index (χ0) is 31.4. The van der Waals surface area contributed by atoms with E-state index < -0.39 is 22.8 Å². The first kappa shape index (κ1) is 30.3. The molecule has 0 unspecified atom stereocenters. The van der Waals surface area contributed by atoms with Crippen LogP contribution in [0.4, 0.5) is 8.78 Å². The molecule has 0 aliphatic carbocycles. The van der Waals surface area contributed by atoms with E-state index in [2.05, 4.69) is 9.97 Å². The van der Waals surface area contributed by atoms with Gasteiger partial charge in [-0.05, 0) is 42.3 Å². The van der Waals surface area contributed by atoms with E-state index in [9.17, 15) is 14.0 Å². The topological polar surface area (TPSA) is 102 Å². The lowest BCUT2D eigenvalue weighted by molar-refractivity contribution is 0.0991. The summed E-state index contributed by atoms with van der Waals surface area (Å²) < 4.78 is 52.3. The van der Waals surface area contributed by atoms with Crippen LogP contribution >= 0.6 is 0 Å². The van der Waals surface area contributed by atoms with Crippen molar-refractivity contribution in [2.45, 2.75) is 13.3 Å². The van der Waals surface area contributed by atoms with Crippen LogP contribution in [0.2, 0.25) is 0 Å². The summed E-state index contributed by atoms with van der Waals surface area (Å²) >= 11 is 0. The molecule has 5 rings (SSSR count). The largest absolute Gasteiger partial charge is 0.485 e. The highest BCUT2D eigenvalue weighted by Gasteiger charge is 2.20. The van der Waals surface area contributed by atoms with Crippen LogP contribution in [-0.4, -0.2) is 47.8 Å². The maximum absolute atomic E-state index is 15.3. The molecular formula is C33H29F2N3O6. The Morgan fingerprint density at radius 3 is 2.43 bits per heavy atom. The molecule has 0 spiro atoms. The summed E-state index contributed by atoms with van der Waals surface area (Å²) in [5.41, 5.74) is 2.02. The van der Waals surface area contributed by atoms with Crippen LogP contribution in [0.1, 0.15) is 21.6 Å². The molecule has 3 heterocycles. The fourth-order valence-corrected chi connectivity index (χ4v) is 4.69. The number of hydrogen-bond donors (Lipinski definition) is 0. The summed E-state index contributed by atoms with van der Waals surface area (Å²) in [5, 5.41) is 0. The zero-order valence-electron chi connectivity index (χ0n) is 24.5. The Morgan fingerprint density at radius 1 is 0.955 bits per heavy atom. The number of nitrogens with zero attached hydrogens (tertiary/aromatic N) is 3. The average molecular weight is 602 g/mol. The Balaban J connectivity index is 1.39. The molecule has 0 saturated carbocycles. The van der Waals surface area contributed by atoms with Gasteiger partial charge in [-0.25, -0.2) is 13.8 Å². The fraction of sp³-hybridized carbons (Fsp3) is 0.212. The third-order valence-corrected chi connectivity index (χ3v) is 7.05. The Kier molecular flexibility index (Phi) is 8.96. The number of halogens is 2. The lowest BCUT2D eigenvalue weighted by atomic mass is 9.97. The van der Waals surface area contributed by atoms with Gasteiger partial charge in [0.25, 0.3) is 5.88 Å². The second-order valence-corrected chi connectivity index (χ2v) is 9.93. The predicted molar refractivity (Wildman–Crippen MR) is 160 cm³/mol. The summed E-state index contributed by atoms with van der Waals surface area (Å²) in [7, 11) is 4.73. The maximum Gasteiger partial charge on any atom is 0.257 e. The van der Waals surface area contributed by atoms with E-state index in [-0.39, 0.29) is 36.0 Å². The minimum absolute atomic E-state index is 0.0491. The van der Waals surface area contributed by atoms with E-state index in [0.717, 1.165) is 0 Å². The number of methoxy groups -OCH3 is 2. The number of aromatic nitrogens is 3. The van der Waals surface area contributed by atoms with Crippen molar-refractivity contribution in [3.8, 4) is 34.3 Å². The number of carbonyl (C=O) groups excluding carboxylic acids is 1. The normalized spacial score (nSPS) is 11.0. The molecule has 226 valence electrons. The standard InChI is InChI=1S/C33H29F2N3O6/c1-19-30(21-6-8-22(34)9-7-21)32(40)23(18-38(19)2)26(39)16-20-5-10-27(24(35)15-20)44-28-11-12-36-25-17-29(43-14-13-41-3)33(42-4)37-31(25)28/h5-12,15,17-18H,13-14,16H2,1-4H3. The molecule has 0 aliphatic rings. The number of ether oxygens (including phenoxy) is 4. The summed E-state index contributed by atoms with van der Waals surface area (Å²) in [6.07, 6.45) is 2.74. The van der Waals surface area contributed by atoms with Crippen LogP contribution in [0, 0.1) is 18.6 Å². The van der Waals surface area contributed by atoms with Gasteiger partial charge in [0.2, 0.25) is 0 Å². The molecule has 0 amide bonds.